The molecule has 0 radical (unpaired) electrons. The summed E-state index contributed by atoms with van der Waals surface area (Å²) in [4.78, 5) is 12.5. The van der Waals surface area contributed by atoms with Gasteiger partial charge >= 0.3 is 0 Å². The van der Waals surface area contributed by atoms with Gasteiger partial charge in [-0.25, -0.2) is 8.42 Å². The quantitative estimate of drug-likeness (QED) is 0.854. The molecular formula is C18H25NO4S. The maximum Gasteiger partial charge on any atom is 0.233 e. The second kappa shape index (κ2) is 5.76. The normalized spacial score (nSPS) is 28.1. The number of carbonyl (C=O) groups excluding carboxylic acids is 1. The van der Waals surface area contributed by atoms with Gasteiger partial charge in [0, 0.05) is 12.1 Å². The zero-order chi connectivity index (χ0) is 17.6. The average Bonchev–Trinajstić information content (AvgIpc) is 2.83. The molecule has 2 saturated carbocycles. The van der Waals surface area contributed by atoms with Gasteiger partial charge in [-0.15, -0.1) is 0 Å². The number of hydrogen-bond acceptors (Lipinski definition) is 4. The van der Waals surface area contributed by atoms with Crippen molar-refractivity contribution in [2.24, 2.45) is 16.7 Å². The highest BCUT2D eigenvalue weighted by molar-refractivity contribution is 7.92. The molecule has 0 saturated heterocycles. The second-order valence-electron chi connectivity index (χ2n) is 7.49. The van der Waals surface area contributed by atoms with Crippen LogP contribution in [-0.2, 0) is 14.8 Å². The van der Waals surface area contributed by atoms with Crippen LogP contribution < -0.4 is 9.46 Å². The molecule has 0 aromatic heterocycles. The number of sulfonamides is 1. The third-order valence-corrected chi connectivity index (χ3v) is 7.43. The predicted molar refractivity (Wildman–Crippen MR) is 93.6 cm³/mol. The molecule has 0 spiro atoms. The Kier molecular flexibility index (Phi) is 4.14. The number of fused-ring (bicyclic) bond motifs is 2. The summed E-state index contributed by atoms with van der Waals surface area (Å²) in [6.07, 6.45) is 2.14. The third-order valence-electron chi connectivity index (χ3n) is 6.01. The molecule has 1 N–H and O–H groups in total. The first-order valence-electron chi connectivity index (χ1n) is 8.47. The Balaban J connectivity index is 1.78. The van der Waals surface area contributed by atoms with Crippen molar-refractivity contribution in [2.45, 2.75) is 40.0 Å². The van der Waals surface area contributed by atoms with Gasteiger partial charge in [0.1, 0.15) is 11.5 Å². The SMILES string of the molecule is CCOc1ccc(NS(=O)(=O)C[C@]23CC[C@H](CC2=O)C3(C)C)cc1. The number of carbonyl (C=O) groups is 1. The van der Waals surface area contributed by atoms with Crippen molar-refractivity contribution in [1.82, 2.24) is 0 Å². The summed E-state index contributed by atoms with van der Waals surface area (Å²) in [5.74, 6) is 0.992. The fraction of sp³-hybridized carbons (Fsp3) is 0.611. The average molecular weight is 351 g/mol. The van der Waals surface area contributed by atoms with Gasteiger partial charge in [-0.05, 0) is 55.4 Å². The van der Waals surface area contributed by atoms with Gasteiger partial charge in [-0.1, -0.05) is 13.8 Å². The van der Waals surface area contributed by atoms with Crippen molar-refractivity contribution in [3.8, 4) is 5.75 Å². The minimum absolute atomic E-state index is 0.112. The lowest BCUT2D eigenvalue weighted by atomic mass is 9.70. The number of ether oxygens (including phenoxy) is 1. The van der Waals surface area contributed by atoms with Crippen molar-refractivity contribution < 1.29 is 17.9 Å². The lowest BCUT2D eigenvalue weighted by Gasteiger charge is -2.36. The Bertz CT molecular complexity index is 739. The molecule has 1 aromatic rings. The number of benzene rings is 1. The molecule has 24 heavy (non-hydrogen) atoms. The van der Waals surface area contributed by atoms with Crippen LogP contribution in [0.2, 0.25) is 0 Å². The minimum Gasteiger partial charge on any atom is -0.494 e. The highest BCUT2D eigenvalue weighted by atomic mass is 32.2. The first kappa shape index (κ1) is 17.3. The zero-order valence-corrected chi connectivity index (χ0v) is 15.3. The van der Waals surface area contributed by atoms with Crippen LogP contribution in [0.1, 0.15) is 40.0 Å². The fourth-order valence-electron chi connectivity index (χ4n) is 4.43. The molecule has 6 heteroatoms. The first-order chi connectivity index (χ1) is 11.2. The first-order valence-corrected chi connectivity index (χ1v) is 10.1. The van der Waals surface area contributed by atoms with Crippen LogP contribution in [0, 0.1) is 16.7 Å². The molecule has 3 rings (SSSR count). The molecule has 2 fully saturated rings. The van der Waals surface area contributed by atoms with Gasteiger partial charge in [0.25, 0.3) is 0 Å². The van der Waals surface area contributed by atoms with Crippen LogP contribution in [0.25, 0.3) is 0 Å². The highest BCUT2D eigenvalue weighted by Crippen LogP contribution is 2.64. The van der Waals surface area contributed by atoms with Crippen molar-refractivity contribution in [1.29, 1.82) is 0 Å². The third kappa shape index (κ3) is 2.70. The van der Waals surface area contributed by atoms with E-state index in [9.17, 15) is 13.2 Å². The van der Waals surface area contributed by atoms with Gasteiger partial charge in [0.05, 0.1) is 17.8 Å². The predicted octanol–water partition coefficient (Wildman–Crippen LogP) is 3.22. The molecule has 0 heterocycles. The molecule has 2 aliphatic rings. The fourth-order valence-corrected chi connectivity index (χ4v) is 6.33. The van der Waals surface area contributed by atoms with E-state index < -0.39 is 15.4 Å². The van der Waals surface area contributed by atoms with Crippen molar-refractivity contribution in [3.63, 3.8) is 0 Å². The summed E-state index contributed by atoms with van der Waals surface area (Å²) < 4.78 is 33.3. The van der Waals surface area contributed by atoms with Crippen LogP contribution in [0.3, 0.4) is 0 Å². The summed E-state index contributed by atoms with van der Waals surface area (Å²) in [6, 6.07) is 6.82. The summed E-state index contributed by atoms with van der Waals surface area (Å²) in [5, 5.41) is 0. The minimum atomic E-state index is -3.60. The van der Waals surface area contributed by atoms with E-state index in [1.54, 1.807) is 24.3 Å². The smallest absolute Gasteiger partial charge is 0.233 e. The van der Waals surface area contributed by atoms with Gasteiger partial charge in [-0.2, -0.15) is 0 Å². The second-order valence-corrected chi connectivity index (χ2v) is 9.21. The maximum absolute atomic E-state index is 12.7. The van der Waals surface area contributed by atoms with Crippen LogP contribution in [-0.4, -0.2) is 26.6 Å². The lowest BCUT2D eigenvalue weighted by molar-refractivity contribution is -0.128. The largest absolute Gasteiger partial charge is 0.494 e. The Morgan fingerprint density at radius 1 is 1.25 bits per heavy atom. The number of nitrogens with one attached hydrogen (secondary N) is 1. The molecule has 5 nitrogen and oxygen atoms in total. The van der Waals surface area contributed by atoms with Gasteiger partial charge in [0.15, 0.2) is 0 Å². The molecular weight excluding hydrogens is 326 g/mol. The van der Waals surface area contributed by atoms with Gasteiger partial charge < -0.3 is 4.74 Å². The lowest BCUT2D eigenvalue weighted by Crippen LogP contribution is -2.43. The Labute approximate surface area is 143 Å². The summed E-state index contributed by atoms with van der Waals surface area (Å²) >= 11 is 0. The number of ketones is 1. The van der Waals surface area contributed by atoms with Crippen LogP contribution in [0.5, 0.6) is 5.75 Å². The summed E-state index contributed by atoms with van der Waals surface area (Å²) in [7, 11) is -3.60. The van der Waals surface area contributed by atoms with E-state index in [1.807, 2.05) is 20.8 Å². The Morgan fingerprint density at radius 3 is 2.42 bits per heavy atom. The van der Waals surface area contributed by atoms with E-state index in [0.717, 1.165) is 6.42 Å². The number of hydrogen-bond donors (Lipinski definition) is 1. The molecule has 132 valence electrons. The van der Waals surface area contributed by atoms with Gasteiger partial charge in [-0.3, -0.25) is 9.52 Å². The Hall–Kier alpha value is -1.56. The van der Waals surface area contributed by atoms with Crippen molar-refractivity contribution in [2.75, 3.05) is 17.1 Å². The molecule has 0 aliphatic heterocycles. The van der Waals surface area contributed by atoms with Gasteiger partial charge in [0.2, 0.25) is 10.0 Å². The van der Waals surface area contributed by atoms with Crippen molar-refractivity contribution >= 4 is 21.5 Å². The number of Topliss-reactive ketones (excluding diaryl/α,β-unsaturated/α-hetero) is 1. The van der Waals surface area contributed by atoms with E-state index >= 15 is 0 Å². The zero-order valence-electron chi connectivity index (χ0n) is 14.5. The number of anilines is 1. The van der Waals surface area contributed by atoms with Crippen molar-refractivity contribution in [3.05, 3.63) is 24.3 Å². The Morgan fingerprint density at radius 2 is 1.92 bits per heavy atom. The number of rotatable bonds is 6. The van der Waals surface area contributed by atoms with E-state index in [2.05, 4.69) is 4.72 Å². The molecule has 2 aliphatic carbocycles. The molecule has 0 unspecified atom stereocenters. The molecule has 2 atom stereocenters. The monoisotopic (exact) mass is 351 g/mol. The molecule has 1 aromatic carbocycles. The van der Waals surface area contributed by atoms with Crippen LogP contribution in [0.15, 0.2) is 24.3 Å². The molecule has 0 amide bonds. The standard InChI is InChI=1S/C18H25NO4S/c1-4-23-15-7-5-14(6-8-15)19-24(21,22)12-18-10-9-13(11-16(18)20)17(18,2)3/h5-8,13,19H,4,9-12H2,1-3H3/t13-,18-/m1/s1. The maximum atomic E-state index is 12.7. The van der Waals surface area contributed by atoms with E-state index in [1.165, 1.54) is 0 Å². The topological polar surface area (TPSA) is 72.5 Å². The summed E-state index contributed by atoms with van der Waals surface area (Å²) in [5.41, 5.74) is -0.500. The highest BCUT2D eigenvalue weighted by Gasteiger charge is 2.65. The summed E-state index contributed by atoms with van der Waals surface area (Å²) in [6.45, 7) is 6.54. The molecule has 2 bridgehead atoms. The van der Waals surface area contributed by atoms with E-state index in [0.29, 0.717) is 36.8 Å². The van der Waals surface area contributed by atoms with Crippen LogP contribution >= 0.6 is 0 Å². The van der Waals surface area contributed by atoms with E-state index in [-0.39, 0.29) is 17.0 Å². The van der Waals surface area contributed by atoms with E-state index in [4.69, 9.17) is 4.74 Å². The van der Waals surface area contributed by atoms with Crippen LogP contribution in [0.4, 0.5) is 5.69 Å².